The first-order valence-corrected chi connectivity index (χ1v) is 10.3. The van der Waals surface area contributed by atoms with Gasteiger partial charge in [-0.3, -0.25) is 4.79 Å². The van der Waals surface area contributed by atoms with Crippen molar-refractivity contribution in [1.29, 1.82) is 0 Å². The highest BCUT2D eigenvalue weighted by molar-refractivity contribution is 6.32. The molecule has 2 aromatic rings. The molecule has 1 fully saturated rings. The Bertz CT molecular complexity index is 926. The van der Waals surface area contributed by atoms with Crippen molar-refractivity contribution < 1.29 is 24.1 Å². The fraction of sp³-hybridized carbons (Fsp3) is 0.429. The first-order valence-electron chi connectivity index (χ1n) is 9.88. The van der Waals surface area contributed by atoms with Crippen LogP contribution in [0.2, 0.25) is 5.02 Å². The van der Waals surface area contributed by atoms with Gasteiger partial charge >= 0.3 is 0 Å². The average molecular weight is 434 g/mol. The Morgan fingerprint density at radius 3 is 3.00 bits per heavy atom. The molecule has 8 nitrogen and oxygen atoms in total. The van der Waals surface area contributed by atoms with E-state index in [9.17, 15) is 4.79 Å². The van der Waals surface area contributed by atoms with E-state index in [4.69, 9.17) is 30.9 Å². The van der Waals surface area contributed by atoms with Crippen LogP contribution < -0.4 is 19.1 Å². The number of aliphatic hydroxyl groups is 1. The van der Waals surface area contributed by atoms with Crippen molar-refractivity contribution in [2.24, 2.45) is 0 Å². The van der Waals surface area contributed by atoms with Gasteiger partial charge in [-0.05, 0) is 18.2 Å². The minimum Gasteiger partial charge on any atom is -0.490 e. The number of halogens is 1. The molecule has 0 aliphatic carbocycles. The van der Waals surface area contributed by atoms with Gasteiger partial charge in [0.2, 0.25) is 11.8 Å². The second kappa shape index (κ2) is 8.97. The Kier molecular flexibility index (Phi) is 6.15. The van der Waals surface area contributed by atoms with Crippen LogP contribution in [0.25, 0.3) is 0 Å². The maximum Gasteiger partial charge on any atom is 0.232 e. The van der Waals surface area contributed by atoms with Crippen LogP contribution in [-0.2, 0) is 4.79 Å². The molecule has 0 radical (unpaired) electrons. The summed E-state index contributed by atoms with van der Waals surface area (Å²) >= 11 is 6.26. The summed E-state index contributed by atoms with van der Waals surface area (Å²) in [5.41, 5.74) is 1.71. The third kappa shape index (κ3) is 4.24. The quantitative estimate of drug-likeness (QED) is 0.749. The number of hydrogen-bond acceptors (Lipinski definition) is 7. The molecule has 1 saturated heterocycles. The Labute approximate surface area is 179 Å². The van der Waals surface area contributed by atoms with Crippen LogP contribution in [0.1, 0.15) is 12.8 Å². The summed E-state index contributed by atoms with van der Waals surface area (Å²) in [4.78, 5) is 20.1. The molecule has 1 atom stereocenters. The number of ether oxygens (including phenoxy) is 3. The second-order valence-electron chi connectivity index (χ2n) is 7.16. The summed E-state index contributed by atoms with van der Waals surface area (Å²) in [6.45, 7) is 2.22. The second-order valence-corrected chi connectivity index (χ2v) is 7.56. The molecule has 0 bridgehead atoms. The molecule has 9 heteroatoms. The third-order valence-electron chi connectivity index (χ3n) is 5.22. The van der Waals surface area contributed by atoms with Gasteiger partial charge in [0.05, 0.1) is 44.4 Å². The molecule has 0 saturated carbocycles. The number of hydrogen-bond donors (Lipinski definition) is 1. The van der Waals surface area contributed by atoms with Crippen LogP contribution in [0, 0.1) is 0 Å². The van der Waals surface area contributed by atoms with Gasteiger partial charge in [-0.1, -0.05) is 11.6 Å². The summed E-state index contributed by atoms with van der Waals surface area (Å²) in [6, 6.07) is 7.52. The smallest absolute Gasteiger partial charge is 0.232 e. The highest BCUT2D eigenvalue weighted by Gasteiger charge is 2.28. The lowest BCUT2D eigenvalue weighted by Gasteiger charge is -2.31. The lowest BCUT2D eigenvalue weighted by atomic mass is 10.2. The van der Waals surface area contributed by atoms with Gasteiger partial charge in [-0.15, -0.1) is 0 Å². The predicted molar refractivity (Wildman–Crippen MR) is 112 cm³/mol. The number of likely N-dealkylation sites (tertiary alicyclic amines) is 1. The largest absolute Gasteiger partial charge is 0.490 e. The molecule has 0 unspecified atom stereocenters. The van der Waals surface area contributed by atoms with E-state index in [0.717, 1.165) is 23.5 Å². The number of methoxy groups -OCH3 is 1. The molecule has 1 aromatic carbocycles. The van der Waals surface area contributed by atoms with Crippen molar-refractivity contribution in [3.05, 3.63) is 35.5 Å². The molecule has 1 aromatic heterocycles. The summed E-state index contributed by atoms with van der Waals surface area (Å²) in [5.74, 6) is 1.80. The van der Waals surface area contributed by atoms with Gasteiger partial charge in [0, 0.05) is 25.5 Å². The molecule has 1 N–H and O–H groups in total. The molecule has 0 spiro atoms. The molecule has 2 aliphatic heterocycles. The van der Waals surface area contributed by atoms with Crippen molar-refractivity contribution in [3.8, 4) is 17.4 Å². The van der Waals surface area contributed by atoms with Gasteiger partial charge in [0.1, 0.15) is 29.2 Å². The fourth-order valence-corrected chi connectivity index (χ4v) is 3.99. The molecule has 2 aliphatic rings. The Balaban J connectivity index is 1.51. The molecule has 1 amide bonds. The molecule has 4 rings (SSSR count). The molecule has 3 heterocycles. The van der Waals surface area contributed by atoms with Crippen LogP contribution >= 0.6 is 11.6 Å². The van der Waals surface area contributed by atoms with E-state index in [1.807, 2.05) is 24.3 Å². The topological polar surface area (TPSA) is 84.4 Å². The maximum atomic E-state index is 12.0. The maximum absolute atomic E-state index is 12.0. The molecular formula is C21H24ClN3O5. The van der Waals surface area contributed by atoms with Gasteiger partial charge in [-0.2, -0.15) is 0 Å². The Morgan fingerprint density at radius 2 is 2.23 bits per heavy atom. The molecular weight excluding hydrogens is 410 g/mol. The van der Waals surface area contributed by atoms with Gasteiger partial charge < -0.3 is 29.1 Å². The number of fused-ring (bicyclic) bond motifs is 1. The number of pyridine rings is 1. The average Bonchev–Trinajstić information content (AvgIpc) is 3.22. The number of carbonyl (C=O) groups excluding carboxylic acids is 1. The number of aromatic nitrogens is 1. The van der Waals surface area contributed by atoms with Gasteiger partial charge in [-0.25, -0.2) is 4.98 Å². The highest BCUT2D eigenvalue weighted by Crippen LogP contribution is 2.40. The number of benzene rings is 1. The fourth-order valence-electron chi connectivity index (χ4n) is 3.75. The lowest BCUT2D eigenvalue weighted by molar-refractivity contribution is -0.131. The first kappa shape index (κ1) is 20.6. The van der Waals surface area contributed by atoms with E-state index in [1.165, 1.54) is 7.11 Å². The SMILES string of the molecule is COc1ncc(N2CCOc3ccc(O[C@H]4CCN(C(=O)CCO)C4)cc32)cc1Cl. The Morgan fingerprint density at radius 1 is 1.37 bits per heavy atom. The summed E-state index contributed by atoms with van der Waals surface area (Å²) in [6.07, 6.45) is 2.54. The minimum absolute atomic E-state index is 0.0440. The van der Waals surface area contributed by atoms with Gasteiger partial charge in [0.25, 0.3) is 0 Å². The van der Waals surface area contributed by atoms with Crippen molar-refractivity contribution in [3.63, 3.8) is 0 Å². The number of aliphatic hydroxyl groups excluding tert-OH is 1. The van der Waals surface area contributed by atoms with Crippen molar-refractivity contribution in [2.75, 3.05) is 44.9 Å². The number of amides is 1. The number of carbonyl (C=O) groups is 1. The zero-order chi connectivity index (χ0) is 21.1. The van der Waals surface area contributed by atoms with Crippen molar-refractivity contribution >= 4 is 28.9 Å². The summed E-state index contributed by atoms with van der Waals surface area (Å²) < 4.78 is 17.1. The van der Waals surface area contributed by atoms with Crippen LogP contribution in [0.5, 0.6) is 17.4 Å². The zero-order valence-electron chi connectivity index (χ0n) is 16.7. The molecule has 160 valence electrons. The van der Waals surface area contributed by atoms with Crippen LogP contribution in [-0.4, -0.2) is 67.0 Å². The van der Waals surface area contributed by atoms with Crippen molar-refractivity contribution in [2.45, 2.75) is 18.9 Å². The standard InChI is InChI=1S/C21H24ClN3O5/c1-28-21-17(22)10-14(12-23-21)25-7-9-29-19-3-2-15(11-18(19)25)30-16-4-6-24(13-16)20(27)5-8-26/h2-3,10-12,16,26H,4-9,13H2,1H3/t16-/m0/s1. The van der Waals surface area contributed by atoms with Crippen LogP contribution in [0.3, 0.4) is 0 Å². The van der Waals surface area contributed by atoms with Crippen molar-refractivity contribution in [1.82, 2.24) is 9.88 Å². The van der Waals surface area contributed by atoms with Crippen LogP contribution in [0.4, 0.5) is 11.4 Å². The number of anilines is 2. The van der Waals surface area contributed by atoms with Gasteiger partial charge in [0.15, 0.2) is 0 Å². The first-order chi connectivity index (χ1) is 14.6. The van der Waals surface area contributed by atoms with E-state index in [1.54, 1.807) is 11.1 Å². The molecule has 30 heavy (non-hydrogen) atoms. The predicted octanol–water partition coefficient (Wildman–Crippen LogP) is 2.64. The number of rotatable bonds is 6. The minimum atomic E-state index is -0.133. The highest BCUT2D eigenvalue weighted by atomic mass is 35.5. The lowest BCUT2D eigenvalue weighted by Crippen LogP contribution is -2.31. The summed E-state index contributed by atoms with van der Waals surface area (Å²) in [7, 11) is 1.53. The normalized spacial score (nSPS) is 18.0. The zero-order valence-corrected chi connectivity index (χ0v) is 17.5. The van der Waals surface area contributed by atoms with E-state index < -0.39 is 0 Å². The Hall–Kier alpha value is -2.71. The number of nitrogens with zero attached hydrogens (tertiary/aromatic N) is 3. The summed E-state index contributed by atoms with van der Waals surface area (Å²) in [5, 5.41) is 9.40. The van der Waals surface area contributed by atoms with E-state index >= 15 is 0 Å². The van der Waals surface area contributed by atoms with E-state index in [0.29, 0.717) is 42.9 Å². The van der Waals surface area contributed by atoms with E-state index in [2.05, 4.69) is 9.88 Å². The van der Waals surface area contributed by atoms with Crippen LogP contribution in [0.15, 0.2) is 30.5 Å². The van der Waals surface area contributed by atoms with E-state index in [-0.39, 0.29) is 25.0 Å². The third-order valence-corrected chi connectivity index (χ3v) is 5.49. The monoisotopic (exact) mass is 433 g/mol.